The Balaban J connectivity index is 1.52. The maximum Gasteiger partial charge on any atom is 0.253 e. The van der Waals surface area contributed by atoms with E-state index in [0.29, 0.717) is 28.5 Å². The van der Waals surface area contributed by atoms with Gasteiger partial charge in [0.2, 0.25) is 0 Å². The van der Waals surface area contributed by atoms with Gasteiger partial charge in [0.1, 0.15) is 0 Å². The first-order valence-electron chi connectivity index (χ1n) is 7.61. The zero-order valence-corrected chi connectivity index (χ0v) is 12.1. The molecule has 0 aliphatic heterocycles. The molecule has 3 nitrogen and oxygen atoms in total. The second kappa shape index (κ2) is 4.73. The van der Waals surface area contributed by atoms with Gasteiger partial charge in [0, 0.05) is 18.4 Å². The number of nitrogens with zero attached hydrogens (tertiary/aromatic N) is 1. The van der Waals surface area contributed by atoms with Gasteiger partial charge in [-0.05, 0) is 61.8 Å². The van der Waals surface area contributed by atoms with E-state index in [1.54, 1.807) is 12.3 Å². The van der Waals surface area contributed by atoms with Crippen LogP contribution in [-0.2, 0) is 0 Å². The lowest BCUT2D eigenvalue weighted by atomic mass is 9.54. The molecule has 1 aromatic rings. The fourth-order valence-electron chi connectivity index (χ4n) is 4.95. The van der Waals surface area contributed by atoms with Crippen molar-refractivity contribution in [2.24, 2.45) is 23.7 Å². The van der Waals surface area contributed by atoms with E-state index in [4.69, 9.17) is 11.6 Å². The standard InChI is InChI=1S/C16H19ClN2O/c17-14-8-18-2-1-13(14)16(20)19-15-11-4-9-3-10(6-11)7-12(15)5-9/h1-2,8-12,15H,3-7H2,(H,19,20). The van der Waals surface area contributed by atoms with E-state index in [0.717, 1.165) is 11.8 Å². The van der Waals surface area contributed by atoms with Crippen LogP contribution in [0.25, 0.3) is 0 Å². The van der Waals surface area contributed by atoms with Crippen LogP contribution in [0.1, 0.15) is 42.5 Å². The van der Waals surface area contributed by atoms with Crippen LogP contribution in [0.4, 0.5) is 0 Å². The Morgan fingerprint density at radius 1 is 1.15 bits per heavy atom. The molecular formula is C16H19ClN2O. The summed E-state index contributed by atoms with van der Waals surface area (Å²) in [6.07, 6.45) is 9.82. The highest BCUT2D eigenvalue weighted by Crippen LogP contribution is 2.53. The molecule has 0 unspecified atom stereocenters. The molecule has 0 aromatic carbocycles. The number of halogens is 1. The lowest BCUT2D eigenvalue weighted by Gasteiger charge is -2.54. The van der Waals surface area contributed by atoms with Crippen molar-refractivity contribution in [3.05, 3.63) is 29.0 Å². The second-order valence-electron chi connectivity index (χ2n) is 6.79. The highest BCUT2D eigenvalue weighted by atomic mass is 35.5. The molecule has 4 heteroatoms. The minimum absolute atomic E-state index is 0.0325. The number of aromatic nitrogens is 1. The number of pyridine rings is 1. The van der Waals surface area contributed by atoms with Crippen LogP contribution >= 0.6 is 11.6 Å². The quantitative estimate of drug-likeness (QED) is 0.908. The minimum atomic E-state index is -0.0325. The maximum absolute atomic E-state index is 12.4. The van der Waals surface area contributed by atoms with E-state index in [9.17, 15) is 4.79 Å². The third kappa shape index (κ3) is 2.03. The molecule has 1 aromatic heterocycles. The molecule has 1 amide bonds. The summed E-state index contributed by atoms with van der Waals surface area (Å²) in [6, 6.07) is 2.06. The summed E-state index contributed by atoms with van der Waals surface area (Å²) in [5.74, 6) is 3.20. The number of carbonyl (C=O) groups is 1. The number of hydrogen-bond donors (Lipinski definition) is 1. The van der Waals surface area contributed by atoms with Crippen LogP contribution in [0.5, 0.6) is 0 Å². The van der Waals surface area contributed by atoms with Gasteiger partial charge in [0.05, 0.1) is 10.6 Å². The molecule has 4 bridgehead atoms. The van der Waals surface area contributed by atoms with E-state index in [-0.39, 0.29) is 5.91 Å². The Kier molecular flexibility index (Phi) is 2.99. The Labute approximate surface area is 124 Å². The predicted molar refractivity (Wildman–Crippen MR) is 77.5 cm³/mol. The third-order valence-corrected chi connectivity index (χ3v) is 5.84. The van der Waals surface area contributed by atoms with Gasteiger partial charge in [-0.3, -0.25) is 9.78 Å². The Hall–Kier alpha value is -1.09. The lowest BCUT2D eigenvalue weighted by molar-refractivity contribution is -0.0119. The molecule has 1 N–H and O–H groups in total. The zero-order chi connectivity index (χ0) is 13.7. The molecule has 0 spiro atoms. The number of carbonyl (C=O) groups excluding carboxylic acids is 1. The first-order chi connectivity index (χ1) is 9.70. The van der Waals surface area contributed by atoms with Gasteiger partial charge in [-0.1, -0.05) is 11.6 Å². The summed E-state index contributed by atoms with van der Waals surface area (Å²) in [5.41, 5.74) is 0.551. The Morgan fingerprint density at radius 2 is 1.80 bits per heavy atom. The van der Waals surface area contributed by atoms with Gasteiger partial charge in [-0.15, -0.1) is 0 Å². The first-order valence-corrected chi connectivity index (χ1v) is 7.99. The number of nitrogens with one attached hydrogen (secondary N) is 1. The SMILES string of the molecule is O=C(NC1C2CC3CC(C2)CC1C3)c1ccncc1Cl. The summed E-state index contributed by atoms with van der Waals surface area (Å²) in [5, 5.41) is 3.71. The van der Waals surface area contributed by atoms with Crippen molar-refractivity contribution in [1.82, 2.24) is 10.3 Å². The number of amides is 1. The average molecular weight is 291 g/mol. The molecule has 4 fully saturated rings. The van der Waals surface area contributed by atoms with E-state index < -0.39 is 0 Å². The van der Waals surface area contributed by atoms with Crippen molar-refractivity contribution in [1.29, 1.82) is 0 Å². The normalized spacial score (nSPS) is 38.0. The van der Waals surface area contributed by atoms with Crippen molar-refractivity contribution >= 4 is 17.5 Å². The molecule has 4 saturated carbocycles. The Morgan fingerprint density at radius 3 is 2.40 bits per heavy atom. The minimum Gasteiger partial charge on any atom is -0.349 e. The van der Waals surface area contributed by atoms with Gasteiger partial charge in [-0.25, -0.2) is 0 Å². The first kappa shape index (κ1) is 12.6. The topological polar surface area (TPSA) is 42.0 Å². The van der Waals surface area contributed by atoms with Crippen LogP contribution in [0.15, 0.2) is 18.5 Å². The van der Waals surface area contributed by atoms with Crippen molar-refractivity contribution < 1.29 is 4.79 Å². The second-order valence-corrected chi connectivity index (χ2v) is 7.19. The van der Waals surface area contributed by atoms with Gasteiger partial charge >= 0.3 is 0 Å². The van der Waals surface area contributed by atoms with Crippen molar-refractivity contribution in [2.45, 2.75) is 38.1 Å². The van der Waals surface area contributed by atoms with Gasteiger partial charge in [0.25, 0.3) is 5.91 Å². The van der Waals surface area contributed by atoms with Gasteiger partial charge < -0.3 is 5.32 Å². The van der Waals surface area contributed by atoms with Crippen molar-refractivity contribution in [2.75, 3.05) is 0 Å². The molecule has 106 valence electrons. The molecule has 4 aliphatic carbocycles. The fourth-order valence-corrected chi connectivity index (χ4v) is 5.15. The van der Waals surface area contributed by atoms with Gasteiger partial charge in [0.15, 0.2) is 0 Å². The van der Waals surface area contributed by atoms with Crippen LogP contribution in [0, 0.1) is 23.7 Å². The summed E-state index contributed by atoms with van der Waals surface area (Å²) >= 11 is 6.06. The van der Waals surface area contributed by atoms with Crippen LogP contribution in [-0.4, -0.2) is 16.9 Å². The molecular weight excluding hydrogens is 272 g/mol. The maximum atomic E-state index is 12.4. The van der Waals surface area contributed by atoms with E-state index >= 15 is 0 Å². The molecule has 4 aliphatic rings. The van der Waals surface area contributed by atoms with Gasteiger partial charge in [-0.2, -0.15) is 0 Å². The van der Waals surface area contributed by atoms with Crippen LogP contribution in [0.3, 0.4) is 0 Å². The van der Waals surface area contributed by atoms with Crippen LogP contribution < -0.4 is 5.32 Å². The fraction of sp³-hybridized carbons (Fsp3) is 0.625. The molecule has 5 rings (SSSR count). The summed E-state index contributed by atoms with van der Waals surface area (Å²) in [4.78, 5) is 16.4. The molecule has 20 heavy (non-hydrogen) atoms. The molecule has 0 saturated heterocycles. The number of rotatable bonds is 2. The average Bonchev–Trinajstić information content (AvgIpc) is 2.42. The molecule has 0 atom stereocenters. The molecule has 0 radical (unpaired) electrons. The highest BCUT2D eigenvalue weighted by molar-refractivity contribution is 6.33. The van der Waals surface area contributed by atoms with Crippen molar-refractivity contribution in [3.8, 4) is 0 Å². The monoisotopic (exact) mass is 290 g/mol. The smallest absolute Gasteiger partial charge is 0.253 e. The van der Waals surface area contributed by atoms with E-state index in [1.165, 1.54) is 38.3 Å². The summed E-state index contributed by atoms with van der Waals surface area (Å²) in [6.45, 7) is 0. The summed E-state index contributed by atoms with van der Waals surface area (Å²) in [7, 11) is 0. The zero-order valence-electron chi connectivity index (χ0n) is 11.4. The van der Waals surface area contributed by atoms with E-state index in [1.807, 2.05) is 0 Å². The lowest BCUT2D eigenvalue weighted by Crippen LogP contribution is -2.55. The summed E-state index contributed by atoms with van der Waals surface area (Å²) < 4.78 is 0. The Bertz CT molecular complexity index is 517. The van der Waals surface area contributed by atoms with Crippen molar-refractivity contribution in [3.63, 3.8) is 0 Å². The van der Waals surface area contributed by atoms with Crippen LogP contribution in [0.2, 0.25) is 5.02 Å². The largest absolute Gasteiger partial charge is 0.349 e. The van der Waals surface area contributed by atoms with E-state index in [2.05, 4.69) is 10.3 Å². The number of hydrogen-bond acceptors (Lipinski definition) is 2. The highest BCUT2D eigenvalue weighted by Gasteiger charge is 2.48. The third-order valence-electron chi connectivity index (χ3n) is 5.54. The predicted octanol–water partition coefficient (Wildman–Crippen LogP) is 3.29. The molecule has 1 heterocycles.